The lowest BCUT2D eigenvalue weighted by Crippen LogP contribution is -2.38. The third kappa shape index (κ3) is 4.67. The van der Waals surface area contributed by atoms with E-state index in [1.54, 1.807) is 0 Å². The number of nitrogens with one attached hydrogen (secondary N) is 1. The third-order valence-electron chi connectivity index (χ3n) is 5.60. The van der Waals surface area contributed by atoms with Crippen LogP contribution in [0.4, 0.5) is 5.69 Å². The molecule has 1 aliphatic carbocycles. The minimum Gasteiger partial charge on any atom is -0.455 e. The van der Waals surface area contributed by atoms with Crippen molar-refractivity contribution < 1.29 is 19.1 Å². The quantitative estimate of drug-likeness (QED) is 0.806. The first-order valence-electron chi connectivity index (χ1n) is 9.78. The summed E-state index contributed by atoms with van der Waals surface area (Å²) in [5, 5.41) is 2.80. The monoisotopic (exact) mass is 372 g/mol. The summed E-state index contributed by atoms with van der Waals surface area (Å²) < 4.78 is 5.19. The van der Waals surface area contributed by atoms with Crippen LogP contribution in [0.5, 0.6) is 0 Å². The number of rotatable bonds is 5. The van der Waals surface area contributed by atoms with E-state index in [0.717, 1.165) is 42.5 Å². The van der Waals surface area contributed by atoms with Gasteiger partial charge in [0.1, 0.15) is 0 Å². The Labute approximate surface area is 160 Å². The van der Waals surface area contributed by atoms with Gasteiger partial charge in [0.2, 0.25) is 5.91 Å². The van der Waals surface area contributed by atoms with Crippen molar-refractivity contribution in [1.29, 1.82) is 0 Å². The van der Waals surface area contributed by atoms with Crippen LogP contribution in [-0.4, -0.2) is 41.9 Å². The van der Waals surface area contributed by atoms with Crippen LogP contribution in [0.2, 0.25) is 0 Å². The Bertz CT molecular complexity index is 705. The number of amides is 2. The molecule has 0 radical (unpaired) electrons. The van der Waals surface area contributed by atoms with Gasteiger partial charge in [-0.25, -0.2) is 0 Å². The molecule has 1 aliphatic heterocycles. The van der Waals surface area contributed by atoms with E-state index in [0.29, 0.717) is 6.54 Å². The molecular formula is C21H28N2O4. The van der Waals surface area contributed by atoms with Gasteiger partial charge >= 0.3 is 5.97 Å². The Hall–Kier alpha value is -2.37. The number of nitrogens with zero attached hydrogens (tertiary/aromatic N) is 1. The average molecular weight is 372 g/mol. The van der Waals surface area contributed by atoms with Crippen LogP contribution in [0.25, 0.3) is 0 Å². The van der Waals surface area contributed by atoms with Crippen molar-refractivity contribution in [1.82, 2.24) is 4.90 Å². The summed E-state index contributed by atoms with van der Waals surface area (Å²) in [6.07, 6.45) is 5.73. The zero-order chi connectivity index (χ0) is 19.4. The number of benzene rings is 1. The van der Waals surface area contributed by atoms with E-state index in [1.807, 2.05) is 36.9 Å². The van der Waals surface area contributed by atoms with E-state index in [-0.39, 0.29) is 30.9 Å². The number of carbonyl (C=O) groups excluding carboxylic acids is 3. The van der Waals surface area contributed by atoms with Crippen molar-refractivity contribution in [2.24, 2.45) is 5.92 Å². The van der Waals surface area contributed by atoms with Crippen molar-refractivity contribution >= 4 is 23.5 Å². The minimum absolute atomic E-state index is 0.0313. The summed E-state index contributed by atoms with van der Waals surface area (Å²) in [6, 6.07) is 6.02. The number of carbonyl (C=O) groups is 3. The first-order chi connectivity index (χ1) is 13.0. The largest absolute Gasteiger partial charge is 0.455 e. The van der Waals surface area contributed by atoms with Gasteiger partial charge in [-0.15, -0.1) is 0 Å². The van der Waals surface area contributed by atoms with Gasteiger partial charge in [-0.3, -0.25) is 14.4 Å². The molecule has 0 spiro atoms. The van der Waals surface area contributed by atoms with Crippen LogP contribution in [0.3, 0.4) is 0 Å². The van der Waals surface area contributed by atoms with Crippen LogP contribution >= 0.6 is 0 Å². The molecule has 1 saturated heterocycles. The molecule has 3 rings (SSSR count). The topological polar surface area (TPSA) is 75.7 Å². The van der Waals surface area contributed by atoms with E-state index in [1.165, 1.54) is 6.42 Å². The van der Waals surface area contributed by atoms with Gasteiger partial charge in [-0.2, -0.15) is 0 Å². The molecule has 0 unspecified atom stereocenters. The molecule has 1 atom stereocenters. The summed E-state index contributed by atoms with van der Waals surface area (Å²) in [6.45, 7) is 3.92. The van der Waals surface area contributed by atoms with Crippen molar-refractivity contribution in [3.63, 3.8) is 0 Å². The van der Waals surface area contributed by atoms with Crippen molar-refractivity contribution in [3.05, 3.63) is 29.3 Å². The van der Waals surface area contributed by atoms with E-state index in [4.69, 9.17) is 4.74 Å². The van der Waals surface area contributed by atoms with Crippen LogP contribution in [0.1, 0.15) is 49.7 Å². The lowest BCUT2D eigenvalue weighted by molar-refractivity contribution is -0.151. The van der Waals surface area contributed by atoms with Crippen LogP contribution in [0.15, 0.2) is 18.2 Å². The molecule has 2 fully saturated rings. The molecule has 6 heteroatoms. The molecule has 2 aliphatic rings. The van der Waals surface area contributed by atoms with Gasteiger partial charge < -0.3 is 15.0 Å². The molecule has 146 valence electrons. The first-order valence-corrected chi connectivity index (χ1v) is 9.78. The second-order valence-electron chi connectivity index (χ2n) is 7.66. The first kappa shape index (κ1) is 19.4. The summed E-state index contributed by atoms with van der Waals surface area (Å²) in [7, 11) is 0. The maximum Gasteiger partial charge on any atom is 0.311 e. The van der Waals surface area contributed by atoms with E-state index >= 15 is 0 Å². The van der Waals surface area contributed by atoms with Crippen LogP contribution < -0.4 is 5.32 Å². The maximum atomic E-state index is 12.3. The molecule has 2 amide bonds. The Morgan fingerprint density at radius 1 is 1.15 bits per heavy atom. The lowest BCUT2D eigenvalue weighted by atomic mass is 9.94. The van der Waals surface area contributed by atoms with Gasteiger partial charge in [0.05, 0.1) is 5.92 Å². The van der Waals surface area contributed by atoms with Gasteiger partial charge in [0.25, 0.3) is 5.91 Å². The van der Waals surface area contributed by atoms with Gasteiger partial charge in [-0.05, 0) is 37.8 Å². The Morgan fingerprint density at radius 3 is 2.48 bits per heavy atom. The number of ether oxygens (including phenoxy) is 1. The number of aryl methyl sites for hydroxylation is 2. The summed E-state index contributed by atoms with van der Waals surface area (Å²) >= 11 is 0. The minimum atomic E-state index is -0.465. The van der Waals surface area contributed by atoms with E-state index < -0.39 is 11.9 Å². The van der Waals surface area contributed by atoms with Crippen molar-refractivity contribution in [2.75, 3.05) is 18.5 Å². The summed E-state index contributed by atoms with van der Waals surface area (Å²) in [5.74, 6) is -1.26. The van der Waals surface area contributed by atoms with Crippen LogP contribution in [-0.2, 0) is 19.1 Å². The van der Waals surface area contributed by atoms with Crippen molar-refractivity contribution in [2.45, 2.75) is 58.4 Å². The zero-order valence-corrected chi connectivity index (χ0v) is 16.1. The van der Waals surface area contributed by atoms with Crippen LogP contribution in [0, 0.1) is 19.8 Å². The van der Waals surface area contributed by atoms with Gasteiger partial charge in [0.15, 0.2) is 6.61 Å². The smallest absolute Gasteiger partial charge is 0.311 e. The highest BCUT2D eigenvalue weighted by atomic mass is 16.5. The average Bonchev–Trinajstić information content (AvgIpc) is 3.05. The SMILES string of the molecule is Cc1cccc(C)c1NC(=O)COC(=O)[C@@H]1CC(=O)N(C2CCCCC2)C1. The van der Waals surface area contributed by atoms with E-state index in [2.05, 4.69) is 5.32 Å². The van der Waals surface area contributed by atoms with Gasteiger partial charge in [0, 0.05) is 24.7 Å². The molecule has 1 heterocycles. The normalized spacial score (nSPS) is 20.6. The van der Waals surface area contributed by atoms with Crippen molar-refractivity contribution in [3.8, 4) is 0 Å². The fraction of sp³-hybridized carbons (Fsp3) is 0.571. The molecule has 0 bridgehead atoms. The highest BCUT2D eigenvalue weighted by molar-refractivity contribution is 5.95. The number of esters is 1. The van der Waals surface area contributed by atoms with Gasteiger partial charge in [-0.1, -0.05) is 37.5 Å². The molecule has 1 N–H and O–H groups in total. The third-order valence-corrected chi connectivity index (χ3v) is 5.60. The molecule has 6 nitrogen and oxygen atoms in total. The number of anilines is 1. The number of likely N-dealkylation sites (tertiary alicyclic amines) is 1. The van der Waals surface area contributed by atoms with E-state index in [9.17, 15) is 14.4 Å². The zero-order valence-electron chi connectivity index (χ0n) is 16.1. The lowest BCUT2D eigenvalue weighted by Gasteiger charge is -2.31. The maximum absolute atomic E-state index is 12.3. The molecule has 0 aromatic heterocycles. The Balaban J connectivity index is 1.49. The Kier molecular flexibility index (Phi) is 6.14. The molecule has 27 heavy (non-hydrogen) atoms. The molecular weight excluding hydrogens is 344 g/mol. The molecule has 1 aromatic rings. The second kappa shape index (κ2) is 8.55. The highest BCUT2D eigenvalue weighted by Crippen LogP contribution is 2.29. The standard InChI is InChI=1S/C21H28N2O4/c1-14-7-6-8-15(2)20(14)22-18(24)13-27-21(26)16-11-19(25)23(12-16)17-9-4-3-5-10-17/h6-8,16-17H,3-5,9-13H2,1-2H3,(H,22,24)/t16-/m1/s1. The Morgan fingerprint density at radius 2 is 1.81 bits per heavy atom. The fourth-order valence-corrected chi connectivity index (χ4v) is 4.08. The summed E-state index contributed by atoms with van der Waals surface area (Å²) in [5.41, 5.74) is 2.66. The highest BCUT2D eigenvalue weighted by Gasteiger charge is 2.39. The molecule has 1 aromatic carbocycles. The number of hydrogen-bond donors (Lipinski definition) is 1. The fourth-order valence-electron chi connectivity index (χ4n) is 4.08. The number of hydrogen-bond acceptors (Lipinski definition) is 4. The second-order valence-corrected chi connectivity index (χ2v) is 7.66. The number of para-hydroxylation sites is 1. The predicted molar refractivity (Wildman–Crippen MR) is 102 cm³/mol. The predicted octanol–water partition coefficient (Wildman–Crippen LogP) is 2.97. The molecule has 1 saturated carbocycles. The summed E-state index contributed by atoms with van der Waals surface area (Å²) in [4.78, 5) is 38.6.